The summed E-state index contributed by atoms with van der Waals surface area (Å²) in [5, 5.41) is 0. The van der Waals surface area contributed by atoms with Gasteiger partial charge in [-0.2, -0.15) is 0 Å². The minimum absolute atomic E-state index is 0.0343. The summed E-state index contributed by atoms with van der Waals surface area (Å²) < 4.78 is 19.3. The fourth-order valence-corrected chi connectivity index (χ4v) is 2.72. The molecule has 0 saturated carbocycles. The van der Waals surface area contributed by atoms with Crippen LogP contribution >= 0.6 is 15.9 Å². The Hall–Kier alpha value is -1.42. The SMILES string of the molecule is COc1cccc(F)c1C(Br)C(C)c1ccccn1. The van der Waals surface area contributed by atoms with Crippen LogP contribution in [0.4, 0.5) is 4.39 Å². The van der Waals surface area contributed by atoms with Crippen LogP contribution in [0.3, 0.4) is 0 Å². The molecule has 4 heteroatoms. The van der Waals surface area contributed by atoms with Gasteiger partial charge in [0.05, 0.1) is 11.9 Å². The van der Waals surface area contributed by atoms with Crippen LogP contribution in [-0.4, -0.2) is 12.1 Å². The van der Waals surface area contributed by atoms with E-state index in [0.717, 1.165) is 5.69 Å². The van der Waals surface area contributed by atoms with Gasteiger partial charge in [0.1, 0.15) is 11.6 Å². The van der Waals surface area contributed by atoms with Crippen molar-refractivity contribution in [1.29, 1.82) is 0 Å². The number of aromatic nitrogens is 1. The quantitative estimate of drug-likeness (QED) is 0.774. The predicted molar refractivity (Wildman–Crippen MR) is 77.3 cm³/mol. The number of halogens is 2. The van der Waals surface area contributed by atoms with E-state index in [2.05, 4.69) is 20.9 Å². The molecule has 0 fully saturated rings. The van der Waals surface area contributed by atoms with Crippen molar-refractivity contribution in [1.82, 2.24) is 4.98 Å². The zero-order chi connectivity index (χ0) is 13.8. The molecular weight excluding hydrogens is 309 g/mol. The third-order valence-electron chi connectivity index (χ3n) is 3.10. The van der Waals surface area contributed by atoms with Crippen molar-refractivity contribution in [2.75, 3.05) is 7.11 Å². The molecule has 2 nitrogen and oxygen atoms in total. The Labute approximate surface area is 120 Å². The minimum Gasteiger partial charge on any atom is -0.496 e. The number of rotatable bonds is 4. The number of hydrogen-bond donors (Lipinski definition) is 0. The van der Waals surface area contributed by atoms with Gasteiger partial charge in [0, 0.05) is 23.4 Å². The smallest absolute Gasteiger partial charge is 0.131 e. The molecule has 1 heterocycles. The van der Waals surface area contributed by atoms with E-state index in [1.165, 1.54) is 6.07 Å². The average molecular weight is 324 g/mol. The molecule has 1 aromatic heterocycles. The summed E-state index contributed by atoms with van der Waals surface area (Å²) in [6.07, 6.45) is 1.74. The Kier molecular flexibility index (Phi) is 4.53. The molecule has 100 valence electrons. The molecule has 0 radical (unpaired) electrons. The number of ether oxygens (including phenoxy) is 1. The van der Waals surface area contributed by atoms with Gasteiger partial charge in [0.25, 0.3) is 0 Å². The summed E-state index contributed by atoms with van der Waals surface area (Å²) in [6.45, 7) is 2.01. The second-order valence-electron chi connectivity index (χ2n) is 4.30. The minimum atomic E-state index is -0.274. The van der Waals surface area contributed by atoms with Crippen LogP contribution in [0.1, 0.15) is 28.9 Å². The Bertz CT molecular complexity index is 547. The first-order valence-electron chi connectivity index (χ1n) is 6.02. The fraction of sp³-hybridized carbons (Fsp3) is 0.267. The maximum atomic E-state index is 14.0. The van der Waals surface area contributed by atoms with Crippen molar-refractivity contribution >= 4 is 15.9 Å². The number of alkyl halides is 1. The summed E-state index contributed by atoms with van der Waals surface area (Å²) in [5.74, 6) is 0.306. The normalized spacial score (nSPS) is 13.9. The van der Waals surface area contributed by atoms with E-state index in [-0.39, 0.29) is 16.6 Å². The van der Waals surface area contributed by atoms with Crippen molar-refractivity contribution in [3.8, 4) is 5.75 Å². The molecular formula is C15H15BrFNO. The van der Waals surface area contributed by atoms with Crippen LogP contribution in [0.25, 0.3) is 0 Å². The third-order valence-corrected chi connectivity index (χ3v) is 4.35. The molecule has 2 unspecified atom stereocenters. The van der Waals surface area contributed by atoms with Gasteiger partial charge >= 0.3 is 0 Å². The second-order valence-corrected chi connectivity index (χ2v) is 5.29. The van der Waals surface area contributed by atoms with Gasteiger partial charge in [-0.05, 0) is 24.3 Å². The van der Waals surface area contributed by atoms with Crippen LogP contribution in [0.5, 0.6) is 5.75 Å². The average Bonchev–Trinajstić information content (AvgIpc) is 2.46. The maximum Gasteiger partial charge on any atom is 0.131 e. The topological polar surface area (TPSA) is 22.1 Å². The zero-order valence-electron chi connectivity index (χ0n) is 10.8. The molecule has 2 atom stereocenters. The molecule has 19 heavy (non-hydrogen) atoms. The Balaban J connectivity index is 2.37. The van der Waals surface area contributed by atoms with Gasteiger partial charge in [-0.1, -0.05) is 35.0 Å². The largest absolute Gasteiger partial charge is 0.496 e. The highest BCUT2D eigenvalue weighted by Crippen LogP contribution is 2.42. The maximum absolute atomic E-state index is 14.0. The van der Waals surface area contributed by atoms with Crippen LogP contribution in [0.15, 0.2) is 42.6 Å². The molecule has 2 aromatic rings. The molecule has 0 amide bonds. The highest BCUT2D eigenvalue weighted by atomic mass is 79.9. The first-order valence-corrected chi connectivity index (χ1v) is 6.94. The number of benzene rings is 1. The Morgan fingerprint density at radius 2 is 2.00 bits per heavy atom. The second kappa shape index (κ2) is 6.15. The predicted octanol–water partition coefficient (Wildman–Crippen LogP) is 4.47. The van der Waals surface area contributed by atoms with Crippen molar-refractivity contribution in [2.45, 2.75) is 17.7 Å². The monoisotopic (exact) mass is 323 g/mol. The highest BCUT2D eigenvalue weighted by molar-refractivity contribution is 9.09. The fourth-order valence-electron chi connectivity index (χ4n) is 2.01. The Morgan fingerprint density at radius 1 is 1.21 bits per heavy atom. The molecule has 0 N–H and O–H groups in total. The molecule has 1 aromatic carbocycles. The lowest BCUT2D eigenvalue weighted by Gasteiger charge is -2.21. The van der Waals surface area contributed by atoms with Crippen LogP contribution in [-0.2, 0) is 0 Å². The van der Waals surface area contributed by atoms with Gasteiger partial charge in [0.15, 0.2) is 0 Å². The summed E-state index contributed by atoms with van der Waals surface area (Å²) in [4.78, 5) is 4.12. The standard InChI is InChI=1S/C15H15BrFNO/c1-10(12-7-3-4-9-18-12)15(16)14-11(17)6-5-8-13(14)19-2/h3-10,15H,1-2H3. The first kappa shape index (κ1) is 14.0. The van der Waals surface area contributed by atoms with E-state index in [4.69, 9.17) is 4.74 Å². The van der Waals surface area contributed by atoms with Gasteiger partial charge in [0.2, 0.25) is 0 Å². The zero-order valence-corrected chi connectivity index (χ0v) is 12.4. The molecule has 0 aliphatic carbocycles. The van der Waals surface area contributed by atoms with Crippen molar-refractivity contribution in [2.24, 2.45) is 0 Å². The van der Waals surface area contributed by atoms with Crippen LogP contribution in [0, 0.1) is 5.82 Å². The summed E-state index contributed by atoms with van der Waals surface area (Å²) in [7, 11) is 1.55. The van der Waals surface area contributed by atoms with Gasteiger partial charge < -0.3 is 4.74 Å². The van der Waals surface area contributed by atoms with E-state index in [9.17, 15) is 4.39 Å². The van der Waals surface area contributed by atoms with E-state index < -0.39 is 0 Å². The van der Waals surface area contributed by atoms with Crippen molar-refractivity contribution in [3.05, 3.63) is 59.7 Å². The molecule has 0 saturated heterocycles. The van der Waals surface area contributed by atoms with Gasteiger partial charge in [-0.15, -0.1) is 0 Å². The van der Waals surface area contributed by atoms with Crippen molar-refractivity contribution < 1.29 is 9.13 Å². The lowest BCUT2D eigenvalue weighted by molar-refractivity contribution is 0.402. The van der Waals surface area contributed by atoms with E-state index in [1.807, 2.05) is 25.1 Å². The molecule has 2 rings (SSSR count). The van der Waals surface area contributed by atoms with E-state index >= 15 is 0 Å². The number of methoxy groups -OCH3 is 1. The number of hydrogen-bond acceptors (Lipinski definition) is 2. The van der Waals surface area contributed by atoms with E-state index in [0.29, 0.717) is 11.3 Å². The lowest BCUT2D eigenvalue weighted by atomic mass is 9.96. The summed E-state index contributed by atoms with van der Waals surface area (Å²) >= 11 is 3.57. The third kappa shape index (κ3) is 2.95. The van der Waals surface area contributed by atoms with Gasteiger partial charge in [-0.25, -0.2) is 4.39 Å². The lowest BCUT2D eigenvalue weighted by Crippen LogP contribution is -2.07. The summed E-state index contributed by atoms with van der Waals surface area (Å²) in [6, 6.07) is 10.6. The van der Waals surface area contributed by atoms with Gasteiger partial charge in [-0.3, -0.25) is 4.98 Å². The number of nitrogens with zero attached hydrogens (tertiary/aromatic N) is 1. The van der Waals surface area contributed by atoms with E-state index in [1.54, 1.807) is 25.4 Å². The highest BCUT2D eigenvalue weighted by Gasteiger charge is 2.25. The molecule has 0 bridgehead atoms. The van der Waals surface area contributed by atoms with Crippen LogP contribution in [0.2, 0.25) is 0 Å². The summed E-state index contributed by atoms with van der Waals surface area (Å²) in [5.41, 5.74) is 1.44. The molecule has 0 spiro atoms. The first-order chi connectivity index (χ1) is 9.15. The van der Waals surface area contributed by atoms with Crippen LogP contribution < -0.4 is 4.74 Å². The number of pyridine rings is 1. The molecule has 0 aliphatic rings. The van der Waals surface area contributed by atoms with Crippen molar-refractivity contribution in [3.63, 3.8) is 0 Å². The molecule has 0 aliphatic heterocycles. The Morgan fingerprint density at radius 3 is 2.63 bits per heavy atom.